The van der Waals surface area contributed by atoms with Gasteiger partial charge in [0.05, 0.1) is 12.2 Å². The van der Waals surface area contributed by atoms with Gasteiger partial charge in [0.15, 0.2) is 5.69 Å². The number of rotatable bonds is 4. The number of aromatic nitrogens is 5. The molecule has 20 heavy (non-hydrogen) atoms. The lowest BCUT2D eigenvalue weighted by Crippen LogP contribution is -2.29. The summed E-state index contributed by atoms with van der Waals surface area (Å²) < 4.78 is 3.49. The van der Waals surface area contributed by atoms with Gasteiger partial charge in [0.1, 0.15) is 5.69 Å². The topological polar surface area (TPSA) is 77.6 Å². The predicted octanol–water partition coefficient (Wildman–Crippen LogP) is 0.650. The van der Waals surface area contributed by atoms with E-state index in [0.29, 0.717) is 24.0 Å². The van der Waals surface area contributed by atoms with E-state index in [1.54, 1.807) is 23.1 Å². The number of ketones is 1. The maximum atomic E-state index is 12.4. The van der Waals surface area contributed by atoms with Crippen molar-refractivity contribution in [1.82, 2.24) is 30.1 Å². The van der Waals surface area contributed by atoms with E-state index in [1.807, 2.05) is 11.6 Å². The molecule has 106 valence electrons. The van der Waals surface area contributed by atoms with Crippen molar-refractivity contribution in [3.8, 4) is 0 Å². The second-order valence-electron chi connectivity index (χ2n) is 4.93. The molecule has 1 saturated heterocycles. The summed E-state index contributed by atoms with van der Waals surface area (Å²) in [7, 11) is 0. The highest BCUT2D eigenvalue weighted by molar-refractivity contribution is 6.06. The molecule has 1 aliphatic heterocycles. The normalized spacial score (nSPS) is 16.4. The maximum Gasteiger partial charge on any atom is 0.232 e. The molecule has 0 unspecified atom stereocenters. The maximum absolute atomic E-state index is 12.4. The van der Waals surface area contributed by atoms with Crippen molar-refractivity contribution in [1.29, 1.82) is 0 Å². The number of hydrogen-bond acceptors (Lipinski definition) is 5. The van der Waals surface area contributed by atoms with Crippen LogP contribution >= 0.6 is 0 Å². The Morgan fingerprint density at radius 1 is 1.45 bits per heavy atom. The monoisotopic (exact) mass is 274 g/mol. The third kappa shape index (κ3) is 2.36. The first-order chi connectivity index (χ1) is 9.79. The quantitative estimate of drug-likeness (QED) is 0.828. The van der Waals surface area contributed by atoms with Gasteiger partial charge in [-0.25, -0.2) is 4.68 Å². The Bertz CT molecular complexity index is 596. The number of carbonyl (C=O) groups excluding carboxylic acids is 1. The van der Waals surface area contributed by atoms with Crippen molar-refractivity contribution in [2.75, 3.05) is 13.1 Å². The highest BCUT2D eigenvalue weighted by atomic mass is 16.1. The first-order valence-electron chi connectivity index (χ1n) is 6.98. The Labute approximate surface area is 117 Å². The molecule has 7 nitrogen and oxygen atoms in total. The van der Waals surface area contributed by atoms with Crippen LogP contribution in [0.15, 0.2) is 18.5 Å². The van der Waals surface area contributed by atoms with Crippen LogP contribution in [0.4, 0.5) is 0 Å². The summed E-state index contributed by atoms with van der Waals surface area (Å²) in [6.45, 7) is 4.58. The van der Waals surface area contributed by atoms with Crippen molar-refractivity contribution < 1.29 is 4.79 Å². The Hall–Kier alpha value is -2.02. The summed E-state index contributed by atoms with van der Waals surface area (Å²) >= 11 is 0. The largest absolute Gasteiger partial charge is 0.317 e. The molecule has 0 atom stereocenters. The molecule has 2 aromatic heterocycles. The summed E-state index contributed by atoms with van der Waals surface area (Å²) in [5, 5.41) is 15.6. The number of carbonyl (C=O) groups is 1. The summed E-state index contributed by atoms with van der Waals surface area (Å²) in [5.74, 6) is -0.121. The summed E-state index contributed by atoms with van der Waals surface area (Å²) in [6, 6.07) is 2.05. The minimum atomic E-state index is -0.121. The van der Waals surface area contributed by atoms with Gasteiger partial charge in [-0.2, -0.15) is 5.10 Å². The number of hydrogen-bond donors (Lipinski definition) is 1. The molecule has 0 saturated carbocycles. The van der Waals surface area contributed by atoms with Crippen molar-refractivity contribution in [3.63, 3.8) is 0 Å². The molecule has 0 spiro atoms. The standard InChI is InChI=1S/C13H18N6O/c1-2-18-12(5-8-15-18)13(20)11-9-19(17-16-11)10-3-6-14-7-4-10/h5,8-10,14H,2-4,6-7H2,1H3. The van der Waals surface area contributed by atoms with Crippen molar-refractivity contribution >= 4 is 5.78 Å². The van der Waals surface area contributed by atoms with E-state index in [1.165, 1.54) is 0 Å². The zero-order valence-corrected chi connectivity index (χ0v) is 11.5. The second-order valence-corrected chi connectivity index (χ2v) is 4.93. The van der Waals surface area contributed by atoms with Gasteiger partial charge in [-0.3, -0.25) is 9.48 Å². The molecule has 0 bridgehead atoms. The molecule has 7 heteroatoms. The van der Waals surface area contributed by atoms with Crippen LogP contribution in [-0.4, -0.2) is 43.6 Å². The van der Waals surface area contributed by atoms with Crippen LogP contribution in [0.25, 0.3) is 0 Å². The fourth-order valence-corrected chi connectivity index (χ4v) is 2.54. The van der Waals surface area contributed by atoms with Gasteiger partial charge in [0, 0.05) is 12.7 Å². The second kappa shape index (κ2) is 5.54. The Balaban J connectivity index is 1.81. The molecule has 1 N–H and O–H groups in total. The van der Waals surface area contributed by atoms with Crippen LogP contribution in [0.3, 0.4) is 0 Å². The number of piperidine rings is 1. The van der Waals surface area contributed by atoms with E-state index < -0.39 is 0 Å². The molecule has 0 aliphatic carbocycles. The Morgan fingerprint density at radius 3 is 3.00 bits per heavy atom. The van der Waals surface area contributed by atoms with Crippen molar-refractivity contribution in [2.45, 2.75) is 32.4 Å². The molecule has 1 aliphatic rings. The van der Waals surface area contributed by atoms with Gasteiger partial charge in [0.2, 0.25) is 5.78 Å². The summed E-state index contributed by atoms with van der Waals surface area (Å²) in [5.41, 5.74) is 0.948. The van der Waals surface area contributed by atoms with Crippen LogP contribution in [0.1, 0.15) is 42.0 Å². The van der Waals surface area contributed by atoms with Crippen LogP contribution in [0.2, 0.25) is 0 Å². The van der Waals surface area contributed by atoms with E-state index in [4.69, 9.17) is 0 Å². The van der Waals surface area contributed by atoms with Gasteiger partial charge in [-0.15, -0.1) is 5.10 Å². The number of nitrogens with one attached hydrogen (secondary N) is 1. The van der Waals surface area contributed by atoms with Gasteiger partial charge >= 0.3 is 0 Å². The average Bonchev–Trinajstić information content (AvgIpc) is 3.16. The van der Waals surface area contributed by atoms with Crippen molar-refractivity contribution in [2.24, 2.45) is 0 Å². The third-order valence-electron chi connectivity index (χ3n) is 3.67. The van der Waals surface area contributed by atoms with Crippen LogP contribution in [-0.2, 0) is 6.54 Å². The third-order valence-corrected chi connectivity index (χ3v) is 3.67. The number of nitrogens with zero attached hydrogens (tertiary/aromatic N) is 5. The van der Waals surface area contributed by atoms with Gasteiger partial charge in [-0.1, -0.05) is 5.21 Å². The zero-order chi connectivity index (χ0) is 13.9. The first kappa shape index (κ1) is 13.0. The van der Waals surface area contributed by atoms with E-state index in [9.17, 15) is 4.79 Å². The smallest absolute Gasteiger partial charge is 0.232 e. The molecule has 2 aromatic rings. The molecular weight excluding hydrogens is 256 g/mol. The van der Waals surface area contributed by atoms with Crippen molar-refractivity contribution in [3.05, 3.63) is 29.8 Å². The molecular formula is C13H18N6O. The summed E-state index contributed by atoms with van der Waals surface area (Å²) in [4.78, 5) is 12.4. The van der Waals surface area contributed by atoms with Gasteiger partial charge < -0.3 is 5.32 Å². The SMILES string of the molecule is CCn1nccc1C(=O)c1cn(C2CCNCC2)nn1. The molecule has 0 amide bonds. The van der Waals surface area contributed by atoms with Crippen LogP contribution in [0, 0.1) is 0 Å². The lowest BCUT2D eigenvalue weighted by molar-refractivity contribution is 0.102. The Kier molecular flexibility index (Phi) is 3.60. The van der Waals surface area contributed by atoms with E-state index in [0.717, 1.165) is 25.9 Å². The first-order valence-corrected chi connectivity index (χ1v) is 6.98. The van der Waals surface area contributed by atoms with E-state index in [-0.39, 0.29) is 5.78 Å². The highest BCUT2D eigenvalue weighted by Gasteiger charge is 2.21. The minimum Gasteiger partial charge on any atom is -0.317 e. The molecule has 0 aromatic carbocycles. The minimum absolute atomic E-state index is 0.121. The van der Waals surface area contributed by atoms with Crippen LogP contribution < -0.4 is 5.32 Å². The van der Waals surface area contributed by atoms with Crippen LogP contribution in [0.5, 0.6) is 0 Å². The zero-order valence-electron chi connectivity index (χ0n) is 11.5. The van der Waals surface area contributed by atoms with Gasteiger partial charge in [0.25, 0.3) is 0 Å². The number of aryl methyl sites for hydroxylation is 1. The van der Waals surface area contributed by atoms with E-state index >= 15 is 0 Å². The molecule has 1 fully saturated rings. The lowest BCUT2D eigenvalue weighted by atomic mass is 10.1. The highest BCUT2D eigenvalue weighted by Crippen LogP contribution is 2.17. The van der Waals surface area contributed by atoms with E-state index in [2.05, 4.69) is 20.7 Å². The molecule has 3 heterocycles. The molecule has 0 radical (unpaired) electrons. The van der Waals surface area contributed by atoms with Gasteiger partial charge in [-0.05, 0) is 38.9 Å². The fraction of sp³-hybridized carbons (Fsp3) is 0.538. The Morgan fingerprint density at radius 2 is 2.25 bits per heavy atom. The predicted molar refractivity (Wildman–Crippen MR) is 72.5 cm³/mol. The molecule has 3 rings (SSSR count). The lowest BCUT2D eigenvalue weighted by Gasteiger charge is -2.22. The summed E-state index contributed by atoms with van der Waals surface area (Å²) in [6.07, 6.45) is 5.42. The fourth-order valence-electron chi connectivity index (χ4n) is 2.54. The average molecular weight is 274 g/mol.